The van der Waals surface area contributed by atoms with Crippen LogP contribution in [0.1, 0.15) is 32.1 Å². The van der Waals surface area contributed by atoms with Crippen molar-refractivity contribution in [3.05, 3.63) is 0 Å². The van der Waals surface area contributed by atoms with Crippen molar-refractivity contribution in [1.29, 1.82) is 10.5 Å². The maximum Gasteiger partial charge on any atom is 0.459 e. The smallest absolute Gasteiger partial charge is 0.199 e. The van der Waals surface area contributed by atoms with Crippen LogP contribution in [0.3, 0.4) is 0 Å². The van der Waals surface area contributed by atoms with Gasteiger partial charge < -0.3 is 0 Å². The van der Waals surface area contributed by atoms with Crippen LogP contribution in [-0.2, 0) is 0 Å². The highest BCUT2D eigenvalue weighted by molar-refractivity contribution is 9.09. The fraction of sp³-hybridized carbons (Fsp3) is 0.857. The minimum atomic E-state index is -6.70. The number of rotatable bonds is 6. The Balaban J connectivity index is 0.00000115. The summed E-state index contributed by atoms with van der Waals surface area (Å²) in [6.07, 6.45) is -15.1. The number of nitriles is 2. The predicted octanol–water partition coefficient (Wildman–Crippen LogP) is 6.38. The molecule has 0 radical (unpaired) electrons. The van der Waals surface area contributed by atoms with E-state index in [0.717, 1.165) is 5.92 Å². The van der Waals surface area contributed by atoms with Gasteiger partial charge in [-0.15, -0.1) is 0 Å². The van der Waals surface area contributed by atoms with E-state index in [4.69, 9.17) is 10.5 Å². The lowest BCUT2D eigenvalue weighted by Crippen LogP contribution is -2.53. The molecule has 0 bridgehead atoms. The van der Waals surface area contributed by atoms with Gasteiger partial charge >= 0.3 is 24.2 Å². The molecule has 0 aliphatic heterocycles. The van der Waals surface area contributed by atoms with E-state index in [9.17, 15) is 43.9 Å². The lowest BCUT2D eigenvalue weighted by Gasteiger charge is -2.31. The van der Waals surface area contributed by atoms with Gasteiger partial charge in [-0.2, -0.15) is 54.4 Å². The Kier molecular flexibility index (Phi) is 8.44. The molecular formula is C14H13BrF10N2. The number of hydrogen-bond acceptors (Lipinski definition) is 2. The summed E-state index contributed by atoms with van der Waals surface area (Å²) in [5.74, 6) is -11.5. The topological polar surface area (TPSA) is 47.6 Å². The number of nitrogens with zero attached hydrogens (tertiary/aromatic N) is 2. The van der Waals surface area contributed by atoms with Crippen molar-refractivity contribution in [3.63, 3.8) is 0 Å². The molecule has 13 heteroatoms. The monoisotopic (exact) mass is 478 g/mol. The summed E-state index contributed by atoms with van der Waals surface area (Å²) < 4.78 is 123. The van der Waals surface area contributed by atoms with Crippen molar-refractivity contribution < 1.29 is 43.9 Å². The molecule has 1 aliphatic rings. The highest BCUT2D eigenvalue weighted by Gasteiger charge is 2.74. The lowest BCUT2D eigenvalue weighted by atomic mass is 9.79. The third-order valence-electron chi connectivity index (χ3n) is 3.52. The van der Waals surface area contributed by atoms with Crippen LogP contribution in [0.4, 0.5) is 43.9 Å². The highest BCUT2D eigenvalue weighted by atomic mass is 79.9. The molecule has 1 rings (SSSR count). The van der Waals surface area contributed by atoms with Crippen molar-refractivity contribution in [2.75, 3.05) is 5.33 Å². The molecule has 156 valence electrons. The average molecular weight is 479 g/mol. The van der Waals surface area contributed by atoms with Crippen LogP contribution in [-0.4, -0.2) is 29.5 Å². The second-order valence-electron chi connectivity index (χ2n) is 5.97. The number of alkyl halides is 11. The van der Waals surface area contributed by atoms with Crippen molar-refractivity contribution in [2.24, 2.45) is 11.3 Å². The SMILES string of the molecule is BrCC1CC1.N#CC(C#N)(CCC(F)(F)F)CC(F)(F)C(F)(F)C(F)(F)F. The quantitative estimate of drug-likeness (QED) is 0.328. The Morgan fingerprint density at radius 2 is 1.26 bits per heavy atom. The van der Waals surface area contributed by atoms with Crippen LogP contribution in [0.2, 0.25) is 0 Å². The largest absolute Gasteiger partial charge is 0.459 e. The molecule has 0 unspecified atom stereocenters. The summed E-state index contributed by atoms with van der Waals surface area (Å²) in [6, 6.07) is 1.35. The molecule has 0 aromatic heterocycles. The molecule has 1 saturated carbocycles. The molecule has 0 amide bonds. The van der Waals surface area contributed by atoms with Gasteiger partial charge in [-0.3, -0.25) is 0 Å². The fourth-order valence-corrected chi connectivity index (χ4v) is 2.28. The van der Waals surface area contributed by atoms with Crippen LogP contribution in [0, 0.1) is 34.0 Å². The minimum absolute atomic E-state index is 0.676. The van der Waals surface area contributed by atoms with Gasteiger partial charge in [-0.25, -0.2) is 0 Å². The Hall–Kier alpha value is -1.24. The second kappa shape index (κ2) is 8.84. The summed E-state index contributed by atoms with van der Waals surface area (Å²) in [5.41, 5.74) is -3.34. The Bertz CT molecular complexity index is 552. The summed E-state index contributed by atoms with van der Waals surface area (Å²) in [5, 5.41) is 18.2. The van der Waals surface area contributed by atoms with Gasteiger partial charge in [-0.1, -0.05) is 15.9 Å². The van der Waals surface area contributed by atoms with E-state index in [0.29, 0.717) is 12.1 Å². The average Bonchev–Trinajstić information content (AvgIpc) is 3.34. The third kappa shape index (κ3) is 7.72. The molecule has 27 heavy (non-hydrogen) atoms. The van der Waals surface area contributed by atoms with Crippen molar-refractivity contribution in [1.82, 2.24) is 0 Å². The zero-order valence-corrected chi connectivity index (χ0v) is 15.0. The standard InChI is InChI=1S/C10H6F10N2.C4H7Br/c11-7(12,9(16,17)10(18,19)20)3-6(4-21,5-22)1-2-8(13,14)15;5-3-4-1-2-4/h1-3H2;4H,1-3H2. The Morgan fingerprint density at radius 3 is 1.48 bits per heavy atom. The van der Waals surface area contributed by atoms with Gasteiger partial charge in [0.15, 0.2) is 0 Å². The molecule has 0 spiro atoms. The van der Waals surface area contributed by atoms with Crippen molar-refractivity contribution >= 4 is 15.9 Å². The van der Waals surface area contributed by atoms with Crippen molar-refractivity contribution in [3.8, 4) is 12.1 Å². The molecule has 0 saturated heterocycles. The van der Waals surface area contributed by atoms with E-state index < -0.39 is 48.9 Å². The van der Waals surface area contributed by atoms with E-state index in [-0.39, 0.29) is 0 Å². The lowest BCUT2D eigenvalue weighted by molar-refractivity contribution is -0.358. The fourth-order valence-electron chi connectivity index (χ4n) is 1.63. The first-order chi connectivity index (χ1) is 12.0. The number of hydrogen-bond donors (Lipinski definition) is 0. The predicted molar refractivity (Wildman–Crippen MR) is 76.0 cm³/mol. The first kappa shape index (κ1) is 25.8. The maximum atomic E-state index is 13.1. The molecule has 0 N–H and O–H groups in total. The van der Waals surface area contributed by atoms with Gasteiger partial charge in [0.05, 0.1) is 12.1 Å². The Labute approximate surface area is 156 Å². The molecular weight excluding hydrogens is 466 g/mol. The van der Waals surface area contributed by atoms with Gasteiger partial charge in [0.2, 0.25) is 0 Å². The van der Waals surface area contributed by atoms with E-state index >= 15 is 0 Å². The van der Waals surface area contributed by atoms with Crippen LogP contribution < -0.4 is 0 Å². The van der Waals surface area contributed by atoms with E-state index in [2.05, 4.69) is 15.9 Å². The Morgan fingerprint density at radius 1 is 0.815 bits per heavy atom. The molecule has 0 heterocycles. The molecule has 1 aliphatic carbocycles. The first-order valence-electron chi connectivity index (χ1n) is 7.24. The van der Waals surface area contributed by atoms with Gasteiger partial charge in [-0.05, 0) is 25.2 Å². The van der Waals surface area contributed by atoms with Gasteiger partial charge in [0.25, 0.3) is 0 Å². The zero-order valence-electron chi connectivity index (χ0n) is 13.4. The summed E-state index contributed by atoms with van der Waals surface area (Å²) in [7, 11) is 0. The molecule has 0 aromatic rings. The van der Waals surface area contributed by atoms with Crippen LogP contribution >= 0.6 is 15.9 Å². The van der Waals surface area contributed by atoms with Crippen LogP contribution in [0.25, 0.3) is 0 Å². The van der Waals surface area contributed by atoms with Gasteiger partial charge in [0, 0.05) is 18.2 Å². The second-order valence-corrected chi connectivity index (χ2v) is 6.62. The van der Waals surface area contributed by atoms with Crippen LogP contribution in [0.15, 0.2) is 0 Å². The normalized spacial score (nSPS) is 16.0. The molecule has 0 atom stereocenters. The first-order valence-corrected chi connectivity index (χ1v) is 8.36. The number of halogens is 11. The van der Waals surface area contributed by atoms with E-state index in [1.54, 1.807) is 0 Å². The summed E-state index contributed by atoms with van der Waals surface area (Å²) in [6.45, 7) is 0. The van der Waals surface area contributed by atoms with Crippen molar-refractivity contribution in [2.45, 2.75) is 56.3 Å². The minimum Gasteiger partial charge on any atom is -0.199 e. The molecule has 2 nitrogen and oxygen atoms in total. The summed E-state index contributed by atoms with van der Waals surface area (Å²) in [4.78, 5) is 0. The molecule has 1 fully saturated rings. The van der Waals surface area contributed by atoms with Gasteiger partial charge in [0.1, 0.15) is 5.41 Å². The van der Waals surface area contributed by atoms with E-state index in [1.807, 2.05) is 0 Å². The van der Waals surface area contributed by atoms with Crippen LogP contribution in [0.5, 0.6) is 0 Å². The maximum absolute atomic E-state index is 13.1. The highest BCUT2D eigenvalue weighted by Crippen LogP contribution is 2.51. The summed E-state index contributed by atoms with van der Waals surface area (Å²) >= 11 is 3.38. The molecule has 0 aromatic carbocycles. The third-order valence-corrected chi connectivity index (χ3v) is 4.43. The zero-order chi connectivity index (χ0) is 21.7. The van der Waals surface area contributed by atoms with E-state index in [1.165, 1.54) is 18.2 Å².